The van der Waals surface area contributed by atoms with Gasteiger partial charge in [0.1, 0.15) is 17.4 Å². The summed E-state index contributed by atoms with van der Waals surface area (Å²) in [4.78, 5) is 16.8. The first-order chi connectivity index (χ1) is 21.2. The first-order valence-electron chi connectivity index (χ1n) is 16.2. The largest absolute Gasteiger partial charge is 0.508 e. The number of fused-ring (bicyclic) bond motifs is 2. The van der Waals surface area contributed by atoms with Crippen molar-refractivity contribution in [1.29, 1.82) is 0 Å². The Morgan fingerprint density at radius 3 is 2.61 bits per heavy atom. The molecule has 3 fully saturated rings. The first-order valence-corrected chi connectivity index (χ1v) is 16.2. The second-order valence-corrected chi connectivity index (χ2v) is 13.6. The van der Waals surface area contributed by atoms with E-state index < -0.39 is 5.60 Å². The van der Waals surface area contributed by atoms with Crippen LogP contribution in [0.1, 0.15) is 56.4 Å². The molecule has 3 aliphatic heterocycles. The molecule has 1 atom stereocenters. The van der Waals surface area contributed by atoms with E-state index in [0.717, 1.165) is 98.6 Å². The van der Waals surface area contributed by atoms with Crippen molar-refractivity contribution in [2.75, 3.05) is 68.9 Å². The van der Waals surface area contributed by atoms with Gasteiger partial charge in [0.15, 0.2) is 0 Å². The summed E-state index contributed by atoms with van der Waals surface area (Å²) in [6.07, 6.45) is 5.16. The minimum atomic E-state index is -0.783. The number of benzene rings is 2. The molecule has 3 aromatic rings. The maximum atomic E-state index is 15.0. The predicted molar refractivity (Wildman–Crippen MR) is 168 cm³/mol. The smallest absolute Gasteiger partial charge is 0.318 e. The second-order valence-electron chi connectivity index (χ2n) is 13.6. The molecule has 2 N–H and O–H groups in total. The quantitative estimate of drug-likeness (QED) is 0.387. The second kappa shape index (κ2) is 11.6. The zero-order valence-corrected chi connectivity index (χ0v) is 25.9. The third-order valence-corrected chi connectivity index (χ3v) is 9.95. The van der Waals surface area contributed by atoms with Crippen LogP contribution in [0.3, 0.4) is 0 Å². The molecule has 10 heteroatoms. The number of aromatic hydroxyl groups is 1. The summed E-state index contributed by atoms with van der Waals surface area (Å²) in [7, 11) is 0. The van der Waals surface area contributed by atoms with Gasteiger partial charge in [-0.1, -0.05) is 13.0 Å². The van der Waals surface area contributed by atoms with Gasteiger partial charge in [0, 0.05) is 67.4 Å². The monoisotopic (exact) mass is 605 g/mol. The molecule has 236 valence electrons. The van der Waals surface area contributed by atoms with Gasteiger partial charge in [-0.15, -0.1) is 0 Å². The molecule has 7 rings (SSSR count). The van der Waals surface area contributed by atoms with E-state index in [1.54, 1.807) is 18.2 Å². The number of anilines is 2. The van der Waals surface area contributed by atoms with E-state index in [9.17, 15) is 14.6 Å². The van der Waals surface area contributed by atoms with Gasteiger partial charge in [-0.3, -0.25) is 4.90 Å². The molecule has 2 saturated heterocycles. The van der Waals surface area contributed by atoms with Crippen LogP contribution in [0.25, 0.3) is 10.8 Å². The zero-order chi connectivity index (χ0) is 30.5. The Bertz CT molecular complexity index is 1540. The fourth-order valence-corrected chi connectivity index (χ4v) is 7.37. The number of nitrogens with zero attached hydrogens (tertiary/aromatic N) is 5. The normalized spacial score (nSPS) is 23.5. The number of phenolic OH excluding ortho intramolecular Hbond substituents is 1. The van der Waals surface area contributed by atoms with E-state index in [2.05, 4.69) is 14.7 Å². The highest BCUT2D eigenvalue weighted by Crippen LogP contribution is 2.47. The van der Waals surface area contributed by atoms with Gasteiger partial charge in [0.2, 0.25) is 0 Å². The Balaban J connectivity index is 1.21. The van der Waals surface area contributed by atoms with Crippen LogP contribution in [0.4, 0.5) is 15.9 Å². The van der Waals surface area contributed by atoms with Crippen molar-refractivity contribution in [2.45, 2.75) is 64.5 Å². The molecule has 1 saturated carbocycles. The third kappa shape index (κ3) is 5.91. The van der Waals surface area contributed by atoms with Crippen molar-refractivity contribution in [1.82, 2.24) is 14.9 Å². The molecule has 4 heterocycles. The molecule has 0 amide bonds. The number of rotatable bonds is 8. The number of morpholine rings is 1. The Hall–Kier alpha value is -3.21. The topological polar surface area (TPSA) is 94.4 Å². The summed E-state index contributed by atoms with van der Waals surface area (Å²) in [5, 5.41) is 23.3. The summed E-state index contributed by atoms with van der Waals surface area (Å²) in [5.41, 5.74) is 2.76. The van der Waals surface area contributed by atoms with Crippen molar-refractivity contribution in [3.63, 3.8) is 0 Å². The lowest BCUT2D eigenvalue weighted by molar-refractivity contribution is 0.0231. The average Bonchev–Trinajstić information content (AvgIpc) is 3.78. The summed E-state index contributed by atoms with van der Waals surface area (Å²) < 4.78 is 26.9. The van der Waals surface area contributed by atoms with E-state index in [1.165, 1.54) is 6.07 Å². The fourth-order valence-electron chi connectivity index (χ4n) is 7.37. The maximum absolute atomic E-state index is 15.0. The van der Waals surface area contributed by atoms with Gasteiger partial charge >= 0.3 is 6.01 Å². The van der Waals surface area contributed by atoms with Crippen LogP contribution in [0.5, 0.6) is 11.8 Å². The van der Waals surface area contributed by atoms with Gasteiger partial charge in [-0.2, -0.15) is 9.97 Å². The van der Waals surface area contributed by atoms with E-state index in [-0.39, 0.29) is 17.0 Å². The van der Waals surface area contributed by atoms with Crippen LogP contribution in [0.2, 0.25) is 0 Å². The number of hydrogen-bond acceptors (Lipinski definition) is 9. The number of aryl methyl sites for hydroxylation is 1. The standard InChI is InChI=1S/C34H44FN5O4/c1-3-25-27(35)6-5-23-17-24(41)18-29(30(23)25)39-12-7-26-28(19-39)36-32(37-31(26)40-11-4-8-33(2,42)20-40)44-22-34(9-10-34)21-38-13-15-43-16-14-38/h5-6,17-18,41-42H,3-4,7-16,19-22H2,1-2H3. The Morgan fingerprint density at radius 2 is 1.86 bits per heavy atom. The molecule has 0 spiro atoms. The van der Waals surface area contributed by atoms with Crippen LogP contribution in [-0.2, 0) is 24.1 Å². The SMILES string of the molecule is CCc1c(F)ccc2cc(O)cc(N3CCc4c(nc(OCC5(CN6CCOCC6)CC5)nc4N4CCCC(C)(O)C4)C3)c12. The van der Waals surface area contributed by atoms with Gasteiger partial charge in [0.05, 0.1) is 37.7 Å². The molecular formula is C34H44FN5O4. The van der Waals surface area contributed by atoms with Crippen molar-refractivity contribution < 1.29 is 24.1 Å². The van der Waals surface area contributed by atoms with E-state index in [4.69, 9.17) is 19.4 Å². The number of aromatic nitrogens is 2. The Kier molecular flexibility index (Phi) is 7.79. The van der Waals surface area contributed by atoms with Crippen molar-refractivity contribution in [3.05, 3.63) is 46.9 Å². The number of ether oxygens (including phenoxy) is 2. The molecule has 0 radical (unpaired) electrons. The van der Waals surface area contributed by atoms with Crippen LogP contribution in [-0.4, -0.2) is 89.8 Å². The average molecular weight is 606 g/mol. The number of phenols is 1. The van der Waals surface area contributed by atoms with Crippen LogP contribution < -0.4 is 14.5 Å². The highest BCUT2D eigenvalue weighted by Gasteiger charge is 2.45. The maximum Gasteiger partial charge on any atom is 0.318 e. The molecule has 4 aliphatic rings. The van der Waals surface area contributed by atoms with Crippen LogP contribution >= 0.6 is 0 Å². The lowest BCUT2D eigenvalue weighted by Crippen LogP contribution is -2.47. The molecular weight excluding hydrogens is 561 g/mol. The Morgan fingerprint density at radius 1 is 1.05 bits per heavy atom. The van der Waals surface area contributed by atoms with E-state index >= 15 is 0 Å². The predicted octanol–water partition coefficient (Wildman–Crippen LogP) is 4.44. The molecule has 44 heavy (non-hydrogen) atoms. The van der Waals surface area contributed by atoms with Crippen LogP contribution in [0.15, 0.2) is 24.3 Å². The lowest BCUT2D eigenvalue weighted by Gasteiger charge is -2.40. The highest BCUT2D eigenvalue weighted by molar-refractivity contribution is 5.98. The highest BCUT2D eigenvalue weighted by atomic mass is 19.1. The number of β-amino-alcohol motifs (C(OH)–C–C–N with tert-alkyl or cyclic N) is 1. The minimum Gasteiger partial charge on any atom is -0.508 e. The van der Waals surface area contributed by atoms with Gasteiger partial charge < -0.3 is 29.5 Å². The molecule has 1 aliphatic carbocycles. The zero-order valence-electron chi connectivity index (χ0n) is 25.9. The number of piperidine rings is 1. The van der Waals surface area contributed by atoms with E-state index in [1.807, 2.05) is 13.8 Å². The van der Waals surface area contributed by atoms with Crippen molar-refractivity contribution in [2.24, 2.45) is 5.41 Å². The van der Waals surface area contributed by atoms with Crippen molar-refractivity contribution >= 4 is 22.3 Å². The molecule has 1 aromatic heterocycles. The summed E-state index contributed by atoms with van der Waals surface area (Å²) >= 11 is 0. The van der Waals surface area contributed by atoms with Gasteiger partial charge in [-0.05, 0) is 68.5 Å². The fraction of sp³-hybridized carbons (Fsp3) is 0.588. The molecule has 0 bridgehead atoms. The van der Waals surface area contributed by atoms with Crippen molar-refractivity contribution in [3.8, 4) is 11.8 Å². The molecule has 9 nitrogen and oxygen atoms in total. The lowest BCUT2D eigenvalue weighted by atomic mass is 9.94. The number of hydrogen-bond donors (Lipinski definition) is 2. The molecule has 1 unspecified atom stereocenters. The summed E-state index contributed by atoms with van der Waals surface area (Å²) in [5.74, 6) is 0.779. The first kappa shape index (κ1) is 29.5. The molecule has 2 aromatic carbocycles. The van der Waals surface area contributed by atoms with Gasteiger partial charge in [-0.25, -0.2) is 4.39 Å². The third-order valence-electron chi connectivity index (χ3n) is 9.95. The minimum absolute atomic E-state index is 0.124. The number of halogens is 1. The van der Waals surface area contributed by atoms with Crippen LogP contribution in [0, 0.1) is 11.2 Å². The summed E-state index contributed by atoms with van der Waals surface area (Å²) in [6, 6.07) is 7.05. The van der Waals surface area contributed by atoms with Gasteiger partial charge in [0.25, 0.3) is 0 Å². The van der Waals surface area contributed by atoms with E-state index in [0.29, 0.717) is 50.7 Å². The number of aliphatic hydroxyl groups is 1. The summed E-state index contributed by atoms with van der Waals surface area (Å²) in [6.45, 7) is 11.4. The Labute approximate surface area is 258 Å².